The van der Waals surface area contributed by atoms with Crippen molar-refractivity contribution in [3.63, 3.8) is 0 Å². The summed E-state index contributed by atoms with van der Waals surface area (Å²) < 4.78 is 29.7. The van der Waals surface area contributed by atoms with Crippen LogP contribution in [0, 0.1) is 10.1 Å². The number of hydrogen-bond donors (Lipinski definition) is 0. The van der Waals surface area contributed by atoms with Crippen LogP contribution in [0.4, 0.5) is 5.69 Å². The van der Waals surface area contributed by atoms with Gasteiger partial charge in [0, 0.05) is 23.3 Å². The van der Waals surface area contributed by atoms with Gasteiger partial charge in [0.1, 0.15) is 5.75 Å². The van der Waals surface area contributed by atoms with Gasteiger partial charge in [-0.05, 0) is 47.5 Å². The van der Waals surface area contributed by atoms with E-state index < -0.39 is 14.8 Å². The van der Waals surface area contributed by atoms with Gasteiger partial charge >= 0.3 is 0 Å². The van der Waals surface area contributed by atoms with E-state index in [-0.39, 0.29) is 34.1 Å². The number of rotatable bonds is 4. The van der Waals surface area contributed by atoms with Crippen molar-refractivity contribution in [1.29, 1.82) is 0 Å². The summed E-state index contributed by atoms with van der Waals surface area (Å²) in [6.07, 6.45) is 3.02. The number of Topliss-reactive ketones (excluding diaryl/α,β-unsaturated/α-hetero) is 1. The third-order valence-corrected chi connectivity index (χ3v) is 5.74. The SMILES string of the molecule is COc1ccc(/C=C2\CS(=O)(=O)C/C(=C\c3ccc([N+](=O)[O-])cc3)C2=O)cc1. The van der Waals surface area contributed by atoms with E-state index >= 15 is 0 Å². The number of ketones is 1. The first-order chi connectivity index (χ1) is 13.3. The number of nitrogens with zero attached hydrogens (tertiary/aromatic N) is 1. The van der Waals surface area contributed by atoms with Crippen LogP contribution in [0.1, 0.15) is 11.1 Å². The molecule has 0 unspecified atom stereocenters. The summed E-state index contributed by atoms with van der Waals surface area (Å²) in [5.41, 5.74) is 1.46. The van der Waals surface area contributed by atoms with Crippen LogP contribution in [-0.4, -0.2) is 37.7 Å². The maximum Gasteiger partial charge on any atom is 0.269 e. The fourth-order valence-electron chi connectivity index (χ4n) is 2.87. The minimum atomic E-state index is -3.48. The molecule has 7 nitrogen and oxygen atoms in total. The topological polar surface area (TPSA) is 104 Å². The standard InChI is InChI=1S/C20H17NO6S/c1-27-19-8-4-15(5-9-19)11-17-13-28(25,26)12-16(20(17)22)10-14-2-6-18(7-3-14)21(23)24/h2-11H,12-13H2,1H3/b16-10+,17-11+. The number of ether oxygens (including phenoxy) is 1. The molecule has 3 rings (SSSR count). The van der Waals surface area contributed by atoms with Crippen molar-refractivity contribution < 1.29 is 22.9 Å². The largest absolute Gasteiger partial charge is 0.497 e. The number of sulfone groups is 1. The fraction of sp³-hybridized carbons (Fsp3) is 0.150. The van der Waals surface area contributed by atoms with Crippen molar-refractivity contribution in [2.45, 2.75) is 0 Å². The zero-order valence-electron chi connectivity index (χ0n) is 15.0. The first-order valence-corrected chi connectivity index (χ1v) is 10.1. The Kier molecular flexibility index (Phi) is 5.41. The number of non-ortho nitro benzene ring substituents is 1. The highest BCUT2D eigenvalue weighted by atomic mass is 32.2. The van der Waals surface area contributed by atoms with Crippen LogP contribution >= 0.6 is 0 Å². The van der Waals surface area contributed by atoms with E-state index in [1.807, 2.05) is 0 Å². The molecule has 2 aromatic rings. The minimum Gasteiger partial charge on any atom is -0.497 e. The van der Waals surface area contributed by atoms with Gasteiger partial charge in [0.15, 0.2) is 15.6 Å². The molecular formula is C20H17NO6S. The number of hydrogen-bond acceptors (Lipinski definition) is 6. The Bertz CT molecular complexity index is 1080. The number of benzene rings is 2. The molecule has 1 saturated heterocycles. The molecule has 0 bridgehead atoms. The summed E-state index contributed by atoms with van der Waals surface area (Å²) >= 11 is 0. The van der Waals surface area contributed by atoms with E-state index in [0.717, 1.165) is 0 Å². The number of carbonyl (C=O) groups excluding carboxylic acids is 1. The molecule has 0 radical (unpaired) electrons. The number of methoxy groups -OCH3 is 1. The second-order valence-electron chi connectivity index (χ2n) is 6.32. The molecule has 1 heterocycles. The van der Waals surface area contributed by atoms with Crippen LogP contribution in [-0.2, 0) is 14.6 Å². The quantitative estimate of drug-likeness (QED) is 0.445. The molecule has 1 aliphatic heterocycles. The molecule has 28 heavy (non-hydrogen) atoms. The number of nitro groups is 1. The summed E-state index contributed by atoms with van der Waals surface area (Å²) in [7, 11) is -1.94. The highest BCUT2D eigenvalue weighted by molar-refractivity contribution is 7.92. The molecular weight excluding hydrogens is 382 g/mol. The van der Waals surface area contributed by atoms with Crippen LogP contribution in [0.15, 0.2) is 59.7 Å². The van der Waals surface area contributed by atoms with Crippen LogP contribution in [0.5, 0.6) is 5.75 Å². The van der Waals surface area contributed by atoms with Gasteiger partial charge in [-0.25, -0.2) is 8.42 Å². The van der Waals surface area contributed by atoms with Crippen molar-refractivity contribution in [1.82, 2.24) is 0 Å². The van der Waals surface area contributed by atoms with Gasteiger partial charge in [0.2, 0.25) is 0 Å². The Morgan fingerprint density at radius 2 is 1.39 bits per heavy atom. The molecule has 1 aliphatic rings. The monoisotopic (exact) mass is 399 g/mol. The first kappa shape index (κ1) is 19.5. The molecule has 1 fully saturated rings. The predicted molar refractivity (Wildman–Crippen MR) is 106 cm³/mol. The maximum absolute atomic E-state index is 12.8. The van der Waals surface area contributed by atoms with Crippen molar-refractivity contribution in [2.75, 3.05) is 18.6 Å². The maximum atomic E-state index is 12.8. The molecule has 0 amide bonds. The molecule has 0 atom stereocenters. The van der Waals surface area contributed by atoms with Gasteiger partial charge in [-0.2, -0.15) is 0 Å². The van der Waals surface area contributed by atoms with Gasteiger partial charge in [0.05, 0.1) is 23.5 Å². The Balaban J connectivity index is 1.94. The molecule has 2 aromatic carbocycles. The van der Waals surface area contributed by atoms with Crippen LogP contribution in [0.2, 0.25) is 0 Å². The second kappa shape index (κ2) is 7.77. The summed E-state index contributed by atoms with van der Waals surface area (Å²) in [6.45, 7) is 0. The predicted octanol–water partition coefficient (Wildman–Crippen LogP) is 3.07. The molecule has 8 heteroatoms. The van der Waals surface area contributed by atoms with E-state index in [9.17, 15) is 23.3 Å². The van der Waals surface area contributed by atoms with E-state index in [4.69, 9.17) is 4.74 Å². The Morgan fingerprint density at radius 1 is 0.929 bits per heavy atom. The normalized spacial score (nSPS) is 19.0. The van der Waals surface area contributed by atoms with Gasteiger partial charge < -0.3 is 4.74 Å². The third kappa shape index (κ3) is 4.52. The van der Waals surface area contributed by atoms with Gasteiger partial charge in [-0.3, -0.25) is 14.9 Å². The Hall–Kier alpha value is -3.26. The van der Waals surface area contributed by atoms with E-state index in [1.54, 1.807) is 37.5 Å². The highest BCUT2D eigenvalue weighted by Gasteiger charge is 2.30. The first-order valence-electron chi connectivity index (χ1n) is 8.32. The van der Waals surface area contributed by atoms with E-state index in [0.29, 0.717) is 16.9 Å². The molecule has 0 aliphatic carbocycles. The van der Waals surface area contributed by atoms with Gasteiger partial charge in [0.25, 0.3) is 5.69 Å². The van der Waals surface area contributed by atoms with E-state index in [2.05, 4.69) is 0 Å². The number of carbonyl (C=O) groups is 1. The van der Waals surface area contributed by atoms with Crippen molar-refractivity contribution in [3.05, 3.63) is 80.9 Å². The lowest BCUT2D eigenvalue weighted by molar-refractivity contribution is -0.384. The zero-order chi connectivity index (χ0) is 20.3. The highest BCUT2D eigenvalue weighted by Crippen LogP contribution is 2.25. The smallest absolute Gasteiger partial charge is 0.269 e. The van der Waals surface area contributed by atoms with Crippen LogP contribution in [0.3, 0.4) is 0 Å². The summed E-state index contributed by atoms with van der Waals surface area (Å²) in [5.74, 6) is -0.370. The van der Waals surface area contributed by atoms with E-state index in [1.165, 1.54) is 30.3 Å². The van der Waals surface area contributed by atoms with Crippen molar-refractivity contribution in [2.24, 2.45) is 0 Å². The summed E-state index contributed by atoms with van der Waals surface area (Å²) in [4.78, 5) is 23.0. The molecule has 0 N–H and O–H groups in total. The zero-order valence-corrected chi connectivity index (χ0v) is 15.8. The van der Waals surface area contributed by atoms with Crippen molar-refractivity contribution in [3.8, 4) is 5.75 Å². The third-order valence-electron chi connectivity index (χ3n) is 4.24. The van der Waals surface area contributed by atoms with Crippen molar-refractivity contribution >= 4 is 33.5 Å². The summed E-state index contributed by atoms with van der Waals surface area (Å²) in [6, 6.07) is 12.5. The van der Waals surface area contributed by atoms with Gasteiger partial charge in [-0.15, -0.1) is 0 Å². The molecule has 0 saturated carbocycles. The Labute approximate surface area is 162 Å². The molecule has 144 valence electrons. The lowest BCUT2D eigenvalue weighted by atomic mass is 10.0. The average Bonchev–Trinajstić information content (AvgIpc) is 2.66. The number of nitro benzene ring substituents is 1. The fourth-order valence-corrected chi connectivity index (χ4v) is 4.35. The average molecular weight is 399 g/mol. The molecule has 0 spiro atoms. The summed E-state index contributed by atoms with van der Waals surface area (Å²) in [5, 5.41) is 10.7. The lowest BCUT2D eigenvalue weighted by Crippen LogP contribution is -2.28. The lowest BCUT2D eigenvalue weighted by Gasteiger charge is -2.17. The Morgan fingerprint density at radius 3 is 1.82 bits per heavy atom. The molecule has 0 aromatic heterocycles. The van der Waals surface area contributed by atoms with Crippen LogP contribution < -0.4 is 4.74 Å². The van der Waals surface area contributed by atoms with Crippen LogP contribution in [0.25, 0.3) is 12.2 Å². The van der Waals surface area contributed by atoms with Gasteiger partial charge in [-0.1, -0.05) is 12.1 Å². The minimum absolute atomic E-state index is 0.0789. The second-order valence-corrected chi connectivity index (χ2v) is 8.39.